The minimum absolute atomic E-state index is 0.00663. The van der Waals surface area contributed by atoms with Crippen molar-refractivity contribution in [3.8, 4) is 11.1 Å². The van der Waals surface area contributed by atoms with Crippen LogP contribution in [0.4, 0.5) is 25.3 Å². The van der Waals surface area contributed by atoms with Gasteiger partial charge in [-0.15, -0.1) is 11.3 Å². The molecule has 0 N–H and O–H groups in total. The third-order valence-electron chi connectivity index (χ3n) is 7.12. The van der Waals surface area contributed by atoms with Crippen LogP contribution in [0.25, 0.3) is 11.1 Å². The lowest BCUT2D eigenvalue weighted by Crippen LogP contribution is -2.52. The van der Waals surface area contributed by atoms with E-state index >= 15 is 0 Å². The van der Waals surface area contributed by atoms with Crippen molar-refractivity contribution in [3.63, 3.8) is 0 Å². The Balaban J connectivity index is 1.60. The molecule has 3 heterocycles. The topological polar surface area (TPSA) is 101 Å². The van der Waals surface area contributed by atoms with E-state index in [0.29, 0.717) is 41.0 Å². The number of nitrogens with zero attached hydrogens (tertiary/aromatic N) is 5. The molecule has 218 valence electrons. The molecule has 1 saturated heterocycles. The fourth-order valence-electron chi connectivity index (χ4n) is 5.18. The Kier molecular flexibility index (Phi) is 8.44. The summed E-state index contributed by atoms with van der Waals surface area (Å²) in [4.78, 5) is 37.9. The van der Waals surface area contributed by atoms with E-state index in [0.717, 1.165) is 29.0 Å². The summed E-state index contributed by atoms with van der Waals surface area (Å²) in [7, 11) is 2.93. The van der Waals surface area contributed by atoms with Gasteiger partial charge in [-0.05, 0) is 56.5 Å². The van der Waals surface area contributed by atoms with E-state index in [4.69, 9.17) is 14.2 Å². The predicted octanol–water partition coefficient (Wildman–Crippen LogP) is 6.16. The highest BCUT2D eigenvalue weighted by Crippen LogP contribution is 2.36. The van der Waals surface area contributed by atoms with Gasteiger partial charge >= 0.3 is 5.97 Å². The molecular weight excluding hydrogens is 564 g/mol. The molecule has 1 fully saturated rings. The number of aryl methyl sites for hydroxylation is 2. The number of halogens is 2. The van der Waals surface area contributed by atoms with Gasteiger partial charge in [-0.2, -0.15) is 0 Å². The number of anilines is 3. The standard InChI is InChI=1S/C30H29F2N5O4S/c1-17-28(18(2)41-35-17)19-8-10-21(11-9-19)37(30-34-20(16-42-30)14-27(39)40-4)29(33-3)25-6-5-7-26(38)36(25)22-12-13-23(31)24(32)15-22/h8-13,15-16,25H,5-7,14H2,1-4H3. The highest BCUT2D eigenvalue weighted by atomic mass is 32.1. The van der Waals surface area contributed by atoms with Crippen molar-refractivity contribution in [2.75, 3.05) is 24.0 Å². The van der Waals surface area contributed by atoms with Gasteiger partial charge in [0.2, 0.25) is 5.91 Å². The number of carbonyl (C=O) groups excluding carboxylic acids is 2. The molecule has 0 saturated carbocycles. The summed E-state index contributed by atoms with van der Waals surface area (Å²) < 4.78 is 38.2. The van der Waals surface area contributed by atoms with E-state index in [-0.39, 0.29) is 24.4 Å². The fraction of sp³-hybridized carbons (Fsp3) is 0.300. The van der Waals surface area contributed by atoms with E-state index in [1.807, 2.05) is 43.0 Å². The van der Waals surface area contributed by atoms with Gasteiger partial charge in [0.25, 0.3) is 0 Å². The molecule has 2 aromatic carbocycles. The Morgan fingerprint density at radius 3 is 2.60 bits per heavy atom. The van der Waals surface area contributed by atoms with E-state index < -0.39 is 23.6 Å². The first-order valence-electron chi connectivity index (χ1n) is 13.3. The van der Waals surface area contributed by atoms with Gasteiger partial charge in [-0.3, -0.25) is 19.5 Å². The highest BCUT2D eigenvalue weighted by molar-refractivity contribution is 7.14. The normalized spacial score (nSPS) is 15.7. The molecule has 2 aromatic heterocycles. The SMILES string of the molecule is CN=C(C1CCCC(=O)N1c1ccc(F)c(F)c1)N(c1ccc(-c2c(C)noc2C)cc1)c1nc(CC(=O)OC)cs1. The molecule has 0 aliphatic carbocycles. The summed E-state index contributed by atoms with van der Waals surface area (Å²) in [5.74, 6) is -1.50. The van der Waals surface area contributed by atoms with Gasteiger partial charge in [-0.25, -0.2) is 13.8 Å². The number of rotatable bonds is 7. The monoisotopic (exact) mass is 593 g/mol. The number of amidine groups is 1. The minimum Gasteiger partial charge on any atom is -0.469 e. The number of esters is 1. The Morgan fingerprint density at radius 2 is 1.95 bits per heavy atom. The van der Waals surface area contributed by atoms with Crippen molar-refractivity contribution in [1.29, 1.82) is 0 Å². The van der Waals surface area contributed by atoms with Crippen LogP contribution >= 0.6 is 11.3 Å². The Hall–Kier alpha value is -4.45. The molecule has 1 aliphatic rings. The van der Waals surface area contributed by atoms with Gasteiger partial charge in [0.15, 0.2) is 16.8 Å². The number of thiazole rings is 1. The van der Waals surface area contributed by atoms with Gasteiger partial charge in [0.1, 0.15) is 11.6 Å². The third-order valence-corrected chi connectivity index (χ3v) is 7.99. The number of aliphatic imine (C=N–C) groups is 1. The van der Waals surface area contributed by atoms with Crippen LogP contribution in [0.5, 0.6) is 0 Å². The third kappa shape index (κ3) is 5.67. The molecule has 9 nitrogen and oxygen atoms in total. The van der Waals surface area contributed by atoms with Gasteiger partial charge in [0.05, 0.1) is 31.0 Å². The molecule has 0 spiro atoms. The van der Waals surface area contributed by atoms with E-state index in [1.165, 1.54) is 29.4 Å². The summed E-state index contributed by atoms with van der Waals surface area (Å²) in [6.45, 7) is 3.72. The molecular formula is C30H29F2N5O4S. The first-order valence-corrected chi connectivity index (χ1v) is 14.2. The van der Waals surface area contributed by atoms with E-state index in [1.54, 1.807) is 12.4 Å². The summed E-state index contributed by atoms with van der Waals surface area (Å²) in [5.41, 5.74) is 4.04. The largest absolute Gasteiger partial charge is 0.469 e. The van der Waals surface area contributed by atoms with Gasteiger partial charge in [0, 0.05) is 41.9 Å². The molecule has 1 unspecified atom stereocenters. The van der Waals surface area contributed by atoms with Crippen LogP contribution in [-0.4, -0.2) is 48.1 Å². The average Bonchev–Trinajstić information content (AvgIpc) is 3.58. The molecule has 5 rings (SSSR count). The average molecular weight is 594 g/mol. The number of hydrogen-bond acceptors (Lipinski definition) is 8. The number of aromatic nitrogens is 2. The maximum absolute atomic E-state index is 14.3. The van der Waals surface area contributed by atoms with Crippen LogP contribution in [0, 0.1) is 25.5 Å². The van der Waals surface area contributed by atoms with E-state index in [9.17, 15) is 18.4 Å². The Morgan fingerprint density at radius 1 is 1.19 bits per heavy atom. The van der Waals surface area contributed by atoms with Crippen molar-refractivity contribution in [2.24, 2.45) is 4.99 Å². The summed E-state index contributed by atoms with van der Waals surface area (Å²) >= 11 is 1.31. The fourth-order valence-corrected chi connectivity index (χ4v) is 6.04. The molecule has 4 aromatic rings. The number of benzene rings is 2. The molecule has 1 amide bonds. The summed E-state index contributed by atoms with van der Waals surface area (Å²) in [6.07, 6.45) is 1.38. The highest BCUT2D eigenvalue weighted by Gasteiger charge is 2.37. The second kappa shape index (κ2) is 12.2. The van der Waals surface area contributed by atoms with Crippen LogP contribution in [0.15, 0.2) is 57.4 Å². The first-order chi connectivity index (χ1) is 20.2. The van der Waals surface area contributed by atoms with Crippen molar-refractivity contribution in [3.05, 3.63) is 76.6 Å². The molecule has 1 aliphatic heterocycles. The zero-order chi connectivity index (χ0) is 30.0. The van der Waals surface area contributed by atoms with E-state index in [2.05, 4.69) is 10.1 Å². The smallest absolute Gasteiger partial charge is 0.311 e. The zero-order valence-corrected chi connectivity index (χ0v) is 24.4. The number of piperidine rings is 1. The van der Waals surface area contributed by atoms with Crippen LogP contribution in [0.2, 0.25) is 0 Å². The van der Waals surface area contributed by atoms with Crippen molar-refractivity contribution in [1.82, 2.24) is 10.1 Å². The number of carbonyl (C=O) groups is 2. The quantitative estimate of drug-likeness (QED) is 0.144. The Labute approximate surface area is 245 Å². The summed E-state index contributed by atoms with van der Waals surface area (Å²) in [6, 6.07) is 10.5. The van der Waals surface area contributed by atoms with Crippen LogP contribution in [0.1, 0.15) is 36.4 Å². The van der Waals surface area contributed by atoms with Crippen LogP contribution in [0.3, 0.4) is 0 Å². The zero-order valence-electron chi connectivity index (χ0n) is 23.6. The van der Waals surface area contributed by atoms with Gasteiger partial charge in [-0.1, -0.05) is 17.3 Å². The molecule has 0 radical (unpaired) electrons. The molecule has 42 heavy (non-hydrogen) atoms. The molecule has 0 bridgehead atoms. The molecule has 1 atom stereocenters. The predicted molar refractivity (Wildman–Crippen MR) is 156 cm³/mol. The van der Waals surface area contributed by atoms with Crippen molar-refractivity contribution >= 4 is 45.6 Å². The maximum atomic E-state index is 14.3. The molecule has 12 heteroatoms. The number of methoxy groups -OCH3 is 1. The minimum atomic E-state index is -1.04. The lowest BCUT2D eigenvalue weighted by molar-refractivity contribution is -0.139. The van der Waals surface area contributed by atoms with Crippen molar-refractivity contribution in [2.45, 2.75) is 45.6 Å². The van der Waals surface area contributed by atoms with Crippen LogP contribution in [-0.2, 0) is 20.7 Å². The Bertz CT molecular complexity index is 1630. The van der Waals surface area contributed by atoms with Crippen molar-refractivity contribution < 1.29 is 27.6 Å². The lowest BCUT2D eigenvalue weighted by atomic mass is 9.98. The maximum Gasteiger partial charge on any atom is 0.311 e. The van der Waals surface area contributed by atoms with Gasteiger partial charge < -0.3 is 14.2 Å². The number of ether oxygens (including phenoxy) is 1. The summed E-state index contributed by atoms with van der Waals surface area (Å²) in [5, 5.41) is 6.34. The number of amides is 1. The first kappa shape index (κ1) is 29.1. The lowest BCUT2D eigenvalue weighted by Gasteiger charge is -2.39. The second-order valence-electron chi connectivity index (χ2n) is 9.81. The second-order valence-corrected chi connectivity index (χ2v) is 10.6. The number of hydrogen-bond donors (Lipinski definition) is 0. The van der Waals surface area contributed by atoms with Crippen LogP contribution < -0.4 is 9.80 Å².